The van der Waals surface area contributed by atoms with Crippen molar-refractivity contribution >= 4 is 38.5 Å². The second-order valence-electron chi connectivity index (χ2n) is 7.53. The highest BCUT2D eigenvalue weighted by Crippen LogP contribution is 2.20. The first-order valence-corrected chi connectivity index (χ1v) is 13.0. The molecule has 0 radical (unpaired) electrons. The van der Waals surface area contributed by atoms with Crippen LogP contribution in [0.1, 0.15) is 25.8 Å². The lowest BCUT2D eigenvalue weighted by atomic mass is 10.1. The first-order valence-electron chi connectivity index (χ1n) is 10.7. The fourth-order valence-electron chi connectivity index (χ4n) is 2.68. The maximum absolute atomic E-state index is 12.5. The van der Waals surface area contributed by atoms with Crippen molar-refractivity contribution in [1.82, 2.24) is 9.36 Å². The second-order valence-corrected chi connectivity index (χ2v) is 10.7. The minimum atomic E-state index is -3.65. The summed E-state index contributed by atoms with van der Waals surface area (Å²) < 4.78 is 39.4. The summed E-state index contributed by atoms with van der Waals surface area (Å²) in [6.45, 7) is 4.04. The average molecular weight is 513 g/mol. The molecule has 1 heterocycles. The zero-order valence-electron chi connectivity index (χ0n) is 19.2. The summed E-state index contributed by atoms with van der Waals surface area (Å²) in [6.07, 6.45) is 2.13. The number of nitrogens with zero attached hydrogens (tertiary/aromatic N) is 3. The highest BCUT2D eigenvalue weighted by Gasteiger charge is 2.25. The monoisotopic (exact) mass is 512 g/mol. The van der Waals surface area contributed by atoms with Crippen LogP contribution in [0.5, 0.6) is 11.5 Å². The first-order chi connectivity index (χ1) is 16.8. The first kappa shape index (κ1) is 25.9. The standard InChI is InChI=1S/C24H24N4O5S2/c1-17(2)35(30,31)24-27-23(34-28-24)26-22(29)19(16-25)15-18-9-11-21(12-10-18)33-14-6-13-32-20-7-4-3-5-8-20/h3-5,7-12,15,17H,6,13-14H2,1-2H3,(H,26,27,28,29)/b19-15-. The number of anilines is 1. The molecular formula is C24H24N4O5S2. The van der Waals surface area contributed by atoms with Crippen LogP contribution in [-0.2, 0) is 14.6 Å². The Morgan fingerprint density at radius 3 is 2.31 bits per heavy atom. The van der Waals surface area contributed by atoms with Crippen LogP contribution in [-0.4, -0.2) is 42.1 Å². The van der Waals surface area contributed by atoms with Crippen LogP contribution in [0, 0.1) is 11.3 Å². The van der Waals surface area contributed by atoms with E-state index in [4.69, 9.17) is 9.47 Å². The van der Waals surface area contributed by atoms with E-state index in [1.165, 1.54) is 19.9 Å². The number of rotatable bonds is 11. The quantitative estimate of drug-likeness (QED) is 0.231. The molecule has 3 rings (SSSR count). The van der Waals surface area contributed by atoms with Crippen LogP contribution in [0.2, 0.25) is 0 Å². The molecule has 0 aliphatic carbocycles. The van der Waals surface area contributed by atoms with Gasteiger partial charge >= 0.3 is 0 Å². The molecule has 1 aromatic heterocycles. The Labute approximate surface area is 208 Å². The van der Waals surface area contributed by atoms with Gasteiger partial charge in [-0.25, -0.2) is 8.42 Å². The Balaban J connectivity index is 1.52. The van der Waals surface area contributed by atoms with Crippen molar-refractivity contribution in [2.75, 3.05) is 18.5 Å². The average Bonchev–Trinajstić information content (AvgIpc) is 3.33. The van der Waals surface area contributed by atoms with Gasteiger partial charge in [0.25, 0.3) is 11.1 Å². The molecule has 0 saturated heterocycles. The molecule has 0 saturated carbocycles. The minimum absolute atomic E-state index is 0.00429. The summed E-state index contributed by atoms with van der Waals surface area (Å²) >= 11 is 0.734. The third-order valence-corrected chi connectivity index (χ3v) is 7.31. The number of hydrogen-bond acceptors (Lipinski definition) is 9. The molecule has 0 spiro atoms. The van der Waals surface area contributed by atoms with Gasteiger partial charge in [-0.2, -0.15) is 14.6 Å². The van der Waals surface area contributed by atoms with E-state index in [9.17, 15) is 18.5 Å². The SMILES string of the molecule is CC(C)S(=O)(=O)c1nsc(NC(=O)/C(C#N)=C\c2ccc(OCCCOc3ccccc3)cc2)n1. The number of ether oxygens (including phenoxy) is 2. The van der Waals surface area contributed by atoms with E-state index >= 15 is 0 Å². The van der Waals surface area contributed by atoms with E-state index in [0.29, 0.717) is 30.9 Å². The van der Waals surface area contributed by atoms with E-state index in [1.54, 1.807) is 24.3 Å². The van der Waals surface area contributed by atoms with E-state index in [1.807, 2.05) is 36.4 Å². The predicted molar refractivity (Wildman–Crippen MR) is 133 cm³/mol. The van der Waals surface area contributed by atoms with Gasteiger partial charge in [-0.15, -0.1) is 0 Å². The van der Waals surface area contributed by atoms with Crippen molar-refractivity contribution < 1.29 is 22.7 Å². The largest absolute Gasteiger partial charge is 0.493 e. The van der Waals surface area contributed by atoms with Crippen molar-refractivity contribution in [3.05, 3.63) is 65.7 Å². The van der Waals surface area contributed by atoms with Gasteiger partial charge in [0.05, 0.1) is 18.5 Å². The number of amides is 1. The Hall–Kier alpha value is -3.75. The molecule has 0 atom stereocenters. The number of hydrogen-bond donors (Lipinski definition) is 1. The number of carbonyl (C=O) groups excluding carboxylic acids is 1. The molecule has 0 aliphatic heterocycles. The van der Waals surface area contributed by atoms with Gasteiger partial charge < -0.3 is 9.47 Å². The number of aromatic nitrogens is 2. The molecule has 3 aromatic rings. The van der Waals surface area contributed by atoms with Gasteiger partial charge in [0.15, 0.2) is 0 Å². The van der Waals surface area contributed by atoms with Crippen LogP contribution >= 0.6 is 11.5 Å². The summed E-state index contributed by atoms with van der Waals surface area (Å²) in [7, 11) is -3.65. The summed E-state index contributed by atoms with van der Waals surface area (Å²) in [5, 5.41) is 10.8. The summed E-state index contributed by atoms with van der Waals surface area (Å²) in [5.74, 6) is 0.751. The van der Waals surface area contributed by atoms with Gasteiger partial charge in [0.1, 0.15) is 23.1 Å². The number of benzene rings is 2. The molecule has 35 heavy (non-hydrogen) atoms. The molecule has 182 valence electrons. The number of nitrogens with one attached hydrogen (secondary N) is 1. The Kier molecular flexibility index (Phi) is 8.94. The lowest BCUT2D eigenvalue weighted by Crippen LogP contribution is -2.16. The number of para-hydroxylation sites is 1. The maximum atomic E-state index is 12.5. The minimum Gasteiger partial charge on any atom is -0.493 e. The number of nitriles is 1. The fraction of sp³-hybridized carbons (Fsp3) is 0.250. The third-order valence-electron chi connectivity index (χ3n) is 4.63. The highest BCUT2D eigenvalue weighted by atomic mass is 32.2. The molecule has 0 fully saturated rings. The molecule has 9 nitrogen and oxygen atoms in total. The summed E-state index contributed by atoms with van der Waals surface area (Å²) in [5.41, 5.74) is 0.456. The summed E-state index contributed by atoms with van der Waals surface area (Å²) in [4.78, 5) is 16.3. The lowest BCUT2D eigenvalue weighted by molar-refractivity contribution is -0.112. The smallest absolute Gasteiger partial charge is 0.268 e. The maximum Gasteiger partial charge on any atom is 0.268 e. The number of sulfone groups is 1. The van der Waals surface area contributed by atoms with E-state index in [-0.39, 0.29) is 15.9 Å². The molecule has 0 unspecified atom stereocenters. The topological polar surface area (TPSA) is 131 Å². The van der Waals surface area contributed by atoms with Crippen LogP contribution in [0.4, 0.5) is 5.13 Å². The fourth-order valence-corrected chi connectivity index (χ4v) is 4.38. The van der Waals surface area contributed by atoms with Crippen LogP contribution in [0.15, 0.2) is 65.3 Å². The third kappa shape index (κ3) is 7.37. The second kappa shape index (κ2) is 12.1. The van der Waals surface area contributed by atoms with Crippen LogP contribution in [0.25, 0.3) is 6.08 Å². The molecule has 1 amide bonds. The molecule has 1 N–H and O–H groups in total. The highest BCUT2D eigenvalue weighted by molar-refractivity contribution is 7.91. The molecule has 11 heteroatoms. The molecular weight excluding hydrogens is 488 g/mol. The zero-order chi connectivity index (χ0) is 25.3. The predicted octanol–water partition coefficient (Wildman–Crippen LogP) is 4.11. The number of carbonyl (C=O) groups is 1. The van der Waals surface area contributed by atoms with Gasteiger partial charge in [0, 0.05) is 18.0 Å². The van der Waals surface area contributed by atoms with Gasteiger partial charge in [-0.05, 0) is 49.8 Å². The molecule has 0 bridgehead atoms. The Morgan fingerprint density at radius 2 is 1.71 bits per heavy atom. The van der Waals surface area contributed by atoms with Crippen molar-refractivity contribution in [2.45, 2.75) is 30.7 Å². The van der Waals surface area contributed by atoms with Crippen LogP contribution < -0.4 is 14.8 Å². The van der Waals surface area contributed by atoms with Crippen molar-refractivity contribution in [3.63, 3.8) is 0 Å². The zero-order valence-corrected chi connectivity index (χ0v) is 20.8. The van der Waals surface area contributed by atoms with Gasteiger partial charge in [-0.3, -0.25) is 10.1 Å². The van der Waals surface area contributed by atoms with E-state index < -0.39 is 21.0 Å². The molecule has 2 aromatic carbocycles. The van der Waals surface area contributed by atoms with Gasteiger partial charge in [0.2, 0.25) is 15.0 Å². The summed E-state index contributed by atoms with van der Waals surface area (Å²) in [6, 6.07) is 18.3. The van der Waals surface area contributed by atoms with E-state index in [0.717, 1.165) is 17.3 Å². The van der Waals surface area contributed by atoms with E-state index in [2.05, 4.69) is 14.7 Å². The van der Waals surface area contributed by atoms with Crippen molar-refractivity contribution in [3.8, 4) is 17.6 Å². The lowest BCUT2D eigenvalue weighted by Gasteiger charge is -2.08. The molecule has 0 aliphatic rings. The normalized spacial score (nSPS) is 11.7. The Morgan fingerprint density at radius 1 is 1.09 bits per heavy atom. The van der Waals surface area contributed by atoms with Gasteiger partial charge in [-0.1, -0.05) is 30.3 Å². The Bertz CT molecular complexity index is 1310. The van der Waals surface area contributed by atoms with Crippen LogP contribution in [0.3, 0.4) is 0 Å². The van der Waals surface area contributed by atoms with Crippen molar-refractivity contribution in [1.29, 1.82) is 5.26 Å². The van der Waals surface area contributed by atoms with Crippen molar-refractivity contribution in [2.24, 2.45) is 0 Å².